The lowest BCUT2D eigenvalue weighted by Crippen LogP contribution is -2.45. The number of amides is 1. The predicted octanol–water partition coefficient (Wildman–Crippen LogP) is 1.56. The van der Waals surface area contributed by atoms with Crippen LogP contribution in [0.5, 0.6) is 0 Å². The van der Waals surface area contributed by atoms with Gasteiger partial charge in [-0.3, -0.25) is 4.79 Å². The second-order valence-electron chi connectivity index (χ2n) is 5.78. The molecule has 1 saturated carbocycles. The molecule has 21 heavy (non-hydrogen) atoms. The van der Waals surface area contributed by atoms with Gasteiger partial charge in [0.25, 0.3) is 0 Å². The topological polar surface area (TPSA) is 80.0 Å². The Kier molecular flexibility index (Phi) is 5.99. The molecule has 3 rings (SSSR count). The molecule has 1 saturated heterocycles. The highest BCUT2D eigenvalue weighted by Crippen LogP contribution is 2.38. The maximum Gasteiger partial charge on any atom is 0.226 e. The zero-order valence-corrected chi connectivity index (χ0v) is 13.0. The largest absolute Gasteiger partial charge is 0.352 e. The van der Waals surface area contributed by atoms with E-state index < -0.39 is 0 Å². The molecule has 1 aliphatic heterocycles. The minimum atomic E-state index is 0. The third-order valence-corrected chi connectivity index (χ3v) is 3.88. The highest BCUT2D eigenvalue weighted by molar-refractivity contribution is 5.85. The van der Waals surface area contributed by atoms with Crippen LogP contribution < -0.4 is 10.6 Å². The van der Waals surface area contributed by atoms with Gasteiger partial charge in [-0.1, -0.05) is 5.16 Å². The molecular formula is C14H23ClN4O2. The lowest BCUT2D eigenvalue weighted by atomic mass is 10.1. The number of carbonyl (C=O) groups excluding carboxylic acids is 1. The number of halogens is 1. The molecule has 1 amide bonds. The number of nitrogens with one attached hydrogen (secondary N) is 2. The van der Waals surface area contributed by atoms with E-state index in [4.69, 9.17) is 4.52 Å². The van der Waals surface area contributed by atoms with Gasteiger partial charge in [-0.05, 0) is 38.6 Å². The average Bonchev–Trinajstić information content (AvgIpc) is 3.20. The van der Waals surface area contributed by atoms with Crippen LogP contribution in [0.15, 0.2) is 4.52 Å². The Morgan fingerprint density at radius 2 is 2.24 bits per heavy atom. The van der Waals surface area contributed by atoms with E-state index in [9.17, 15) is 4.79 Å². The normalized spacial score (nSPS) is 21.6. The molecule has 1 unspecified atom stereocenters. The molecule has 2 heterocycles. The summed E-state index contributed by atoms with van der Waals surface area (Å²) in [5.74, 6) is 2.16. The first-order valence-electron chi connectivity index (χ1n) is 7.64. The Hall–Kier alpha value is -1.14. The predicted molar refractivity (Wildman–Crippen MR) is 80.5 cm³/mol. The van der Waals surface area contributed by atoms with Crippen molar-refractivity contribution in [3.63, 3.8) is 0 Å². The summed E-state index contributed by atoms with van der Waals surface area (Å²) in [6.07, 6.45) is 6.55. The van der Waals surface area contributed by atoms with Crippen LogP contribution in [0.2, 0.25) is 0 Å². The first-order chi connectivity index (χ1) is 9.81. The molecule has 0 bridgehead atoms. The zero-order valence-electron chi connectivity index (χ0n) is 12.1. The minimum absolute atomic E-state index is 0. The van der Waals surface area contributed by atoms with Gasteiger partial charge in [0.15, 0.2) is 5.82 Å². The summed E-state index contributed by atoms with van der Waals surface area (Å²) in [5.41, 5.74) is 0. The quantitative estimate of drug-likeness (QED) is 0.833. The Morgan fingerprint density at radius 3 is 2.95 bits per heavy atom. The summed E-state index contributed by atoms with van der Waals surface area (Å²) in [5, 5.41) is 10.3. The molecule has 0 spiro atoms. The summed E-state index contributed by atoms with van der Waals surface area (Å²) in [4.78, 5) is 16.2. The number of nitrogens with zero attached hydrogens (tertiary/aromatic N) is 2. The summed E-state index contributed by atoms with van der Waals surface area (Å²) in [7, 11) is 0. The monoisotopic (exact) mass is 314 g/mol. The van der Waals surface area contributed by atoms with Gasteiger partial charge < -0.3 is 15.2 Å². The van der Waals surface area contributed by atoms with Gasteiger partial charge in [0.2, 0.25) is 11.8 Å². The summed E-state index contributed by atoms with van der Waals surface area (Å²) >= 11 is 0. The SMILES string of the molecule is Cl.O=C(CCCc1nc(C2CC2)no1)NC1CCCNC1. The van der Waals surface area contributed by atoms with Crippen molar-refractivity contribution < 1.29 is 9.32 Å². The van der Waals surface area contributed by atoms with Crippen molar-refractivity contribution in [1.29, 1.82) is 0 Å². The lowest BCUT2D eigenvalue weighted by Gasteiger charge is -2.23. The van der Waals surface area contributed by atoms with Crippen molar-refractivity contribution in [2.45, 2.75) is 56.9 Å². The molecule has 2 N–H and O–H groups in total. The van der Waals surface area contributed by atoms with Crippen molar-refractivity contribution >= 4 is 18.3 Å². The smallest absolute Gasteiger partial charge is 0.226 e. The Balaban J connectivity index is 0.00000161. The van der Waals surface area contributed by atoms with Gasteiger partial charge in [-0.15, -0.1) is 12.4 Å². The van der Waals surface area contributed by atoms with Gasteiger partial charge in [0.1, 0.15) is 0 Å². The number of aromatic nitrogens is 2. The molecule has 1 atom stereocenters. The van der Waals surface area contributed by atoms with E-state index in [1.165, 1.54) is 12.8 Å². The second-order valence-corrected chi connectivity index (χ2v) is 5.78. The van der Waals surface area contributed by atoms with E-state index in [1.54, 1.807) is 0 Å². The summed E-state index contributed by atoms with van der Waals surface area (Å²) in [6.45, 7) is 1.95. The van der Waals surface area contributed by atoms with Crippen LogP contribution in [0.3, 0.4) is 0 Å². The molecule has 1 aromatic rings. The zero-order chi connectivity index (χ0) is 13.8. The molecule has 1 aliphatic carbocycles. The Labute approximate surface area is 130 Å². The maximum atomic E-state index is 11.8. The van der Waals surface area contributed by atoms with Crippen LogP contribution in [0.4, 0.5) is 0 Å². The van der Waals surface area contributed by atoms with Gasteiger partial charge in [-0.2, -0.15) is 4.98 Å². The van der Waals surface area contributed by atoms with E-state index >= 15 is 0 Å². The molecule has 7 heteroatoms. The average molecular weight is 315 g/mol. The summed E-state index contributed by atoms with van der Waals surface area (Å²) < 4.78 is 5.19. The fourth-order valence-electron chi connectivity index (χ4n) is 2.55. The van der Waals surface area contributed by atoms with Crippen molar-refractivity contribution in [2.75, 3.05) is 13.1 Å². The van der Waals surface area contributed by atoms with Crippen molar-refractivity contribution in [2.24, 2.45) is 0 Å². The number of hydrogen-bond donors (Lipinski definition) is 2. The van der Waals surface area contributed by atoms with Crippen LogP contribution in [-0.4, -0.2) is 35.2 Å². The van der Waals surface area contributed by atoms with Gasteiger partial charge in [0.05, 0.1) is 0 Å². The Morgan fingerprint density at radius 1 is 1.38 bits per heavy atom. The van der Waals surface area contributed by atoms with Crippen LogP contribution >= 0.6 is 12.4 Å². The highest BCUT2D eigenvalue weighted by Gasteiger charge is 2.28. The number of aryl methyl sites for hydroxylation is 1. The molecule has 2 aliphatic rings. The van der Waals surface area contributed by atoms with Gasteiger partial charge in [0, 0.05) is 31.3 Å². The molecule has 1 aromatic heterocycles. The summed E-state index contributed by atoms with van der Waals surface area (Å²) in [6, 6.07) is 0.293. The Bertz CT molecular complexity index is 456. The van der Waals surface area contributed by atoms with Gasteiger partial charge in [-0.25, -0.2) is 0 Å². The number of carbonyl (C=O) groups is 1. The number of rotatable bonds is 6. The van der Waals surface area contributed by atoms with E-state index in [2.05, 4.69) is 20.8 Å². The molecule has 118 valence electrons. The highest BCUT2D eigenvalue weighted by atomic mass is 35.5. The third-order valence-electron chi connectivity index (χ3n) is 3.88. The van der Waals surface area contributed by atoms with Crippen LogP contribution in [0.25, 0.3) is 0 Å². The fraction of sp³-hybridized carbons (Fsp3) is 0.786. The molecule has 0 radical (unpaired) electrons. The first kappa shape index (κ1) is 16.2. The van der Waals surface area contributed by atoms with E-state index in [0.29, 0.717) is 30.7 Å². The van der Waals surface area contributed by atoms with Crippen molar-refractivity contribution in [3.8, 4) is 0 Å². The molecule has 2 fully saturated rings. The van der Waals surface area contributed by atoms with Crippen LogP contribution in [0, 0.1) is 0 Å². The van der Waals surface area contributed by atoms with E-state index in [-0.39, 0.29) is 18.3 Å². The molecule has 6 nitrogen and oxygen atoms in total. The van der Waals surface area contributed by atoms with Crippen LogP contribution in [-0.2, 0) is 11.2 Å². The van der Waals surface area contributed by atoms with Gasteiger partial charge >= 0.3 is 0 Å². The number of piperidine rings is 1. The third kappa shape index (κ3) is 4.97. The van der Waals surface area contributed by atoms with E-state index in [1.807, 2.05) is 0 Å². The fourth-order valence-corrected chi connectivity index (χ4v) is 2.55. The second kappa shape index (κ2) is 7.75. The van der Waals surface area contributed by atoms with Crippen molar-refractivity contribution in [1.82, 2.24) is 20.8 Å². The number of hydrogen-bond acceptors (Lipinski definition) is 5. The van der Waals surface area contributed by atoms with E-state index in [0.717, 1.165) is 38.2 Å². The van der Waals surface area contributed by atoms with Crippen molar-refractivity contribution in [3.05, 3.63) is 11.7 Å². The lowest BCUT2D eigenvalue weighted by molar-refractivity contribution is -0.122. The van der Waals surface area contributed by atoms with Crippen LogP contribution in [0.1, 0.15) is 56.2 Å². The standard InChI is InChI=1S/C14H22N4O2.ClH/c19-12(16-11-3-2-8-15-9-11)4-1-5-13-17-14(18-20-13)10-6-7-10;/h10-11,15H,1-9H2,(H,16,19);1H. The first-order valence-corrected chi connectivity index (χ1v) is 7.64. The molecular weight excluding hydrogens is 292 g/mol. The minimum Gasteiger partial charge on any atom is -0.352 e. The molecule has 0 aromatic carbocycles. The maximum absolute atomic E-state index is 11.8.